The van der Waals surface area contributed by atoms with Gasteiger partial charge in [0.1, 0.15) is 11.6 Å². The zero-order valence-corrected chi connectivity index (χ0v) is 17.2. The van der Waals surface area contributed by atoms with Gasteiger partial charge in [0.15, 0.2) is 0 Å². The fourth-order valence-corrected chi connectivity index (χ4v) is 4.27. The number of hydrogen-bond donors (Lipinski definition) is 1. The Hall–Kier alpha value is -3.38. The first-order valence-corrected chi connectivity index (χ1v) is 10.6. The van der Waals surface area contributed by atoms with Gasteiger partial charge in [0, 0.05) is 61.0 Å². The van der Waals surface area contributed by atoms with Crippen LogP contribution in [-0.2, 0) is 6.42 Å². The second-order valence-electron chi connectivity index (χ2n) is 7.92. The Balaban J connectivity index is 1.27. The van der Waals surface area contributed by atoms with Crippen LogP contribution in [0.4, 0.5) is 4.39 Å². The van der Waals surface area contributed by atoms with Gasteiger partial charge in [-0.25, -0.2) is 4.39 Å². The van der Waals surface area contributed by atoms with E-state index in [9.17, 15) is 9.18 Å². The molecule has 1 saturated heterocycles. The standard InChI is InChI=1S/C25H24FN3O2/c26-19-8-6-18(7-9-19)10-11-28-12-14-29(15-13-28)25(30)20-3-1-4-22-24(20)21(17-27-22)23-5-2-16-31-23/h1-9,16-17,27H,10-15H2. The van der Waals surface area contributed by atoms with Crippen LogP contribution in [0, 0.1) is 5.82 Å². The average molecular weight is 417 g/mol. The molecule has 2 aromatic heterocycles. The zero-order chi connectivity index (χ0) is 21.2. The Morgan fingerprint density at radius 3 is 2.55 bits per heavy atom. The first-order valence-electron chi connectivity index (χ1n) is 10.6. The van der Waals surface area contributed by atoms with E-state index in [1.54, 1.807) is 6.26 Å². The minimum Gasteiger partial charge on any atom is -0.464 e. The van der Waals surface area contributed by atoms with Crippen LogP contribution in [0.1, 0.15) is 15.9 Å². The maximum Gasteiger partial charge on any atom is 0.254 e. The lowest BCUT2D eigenvalue weighted by Crippen LogP contribution is -2.49. The monoisotopic (exact) mass is 417 g/mol. The Kier molecular flexibility index (Phi) is 5.30. The van der Waals surface area contributed by atoms with Crippen LogP contribution < -0.4 is 0 Å². The van der Waals surface area contributed by atoms with Gasteiger partial charge in [0.25, 0.3) is 5.91 Å². The number of furan rings is 1. The second kappa shape index (κ2) is 8.40. The van der Waals surface area contributed by atoms with Gasteiger partial charge in [-0.15, -0.1) is 0 Å². The molecular formula is C25H24FN3O2. The van der Waals surface area contributed by atoms with Crippen molar-refractivity contribution in [3.8, 4) is 11.3 Å². The number of benzene rings is 2. The largest absolute Gasteiger partial charge is 0.464 e. The molecule has 2 aromatic carbocycles. The molecule has 0 radical (unpaired) electrons. The molecule has 0 unspecified atom stereocenters. The molecule has 6 heteroatoms. The normalized spacial score (nSPS) is 14.9. The van der Waals surface area contributed by atoms with Gasteiger partial charge >= 0.3 is 0 Å². The van der Waals surface area contributed by atoms with E-state index in [0.29, 0.717) is 18.7 Å². The van der Waals surface area contributed by atoms with E-state index in [2.05, 4.69) is 9.88 Å². The number of aromatic nitrogens is 1. The van der Waals surface area contributed by atoms with Crippen LogP contribution in [0.25, 0.3) is 22.2 Å². The summed E-state index contributed by atoms with van der Waals surface area (Å²) in [6.07, 6.45) is 4.42. The zero-order valence-electron chi connectivity index (χ0n) is 17.2. The van der Waals surface area contributed by atoms with E-state index >= 15 is 0 Å². The van der Waals surface area contributed by atoms with Crippen LogP contribution >= 0.6 is 0 Å². The summed E-state index contributed by atoms with van der Waals surface area (Å²) in [4.78, 5) is 20.9. The van der Waals surface area contributed by atoms with E-state index in [1.807, 2.05) is 53.6 Å². The molecule has 3 heterocycles. The Labute approximate surface area is 180 Å². The molecule has 1 N–H and O–H groups in total. The van der Waals surface area contributed by atoms with Crippen molar-refractivity contribution in [1.29, 1.82) is 0 Å². The highest BCUT2D eigenvalue weighted by molar-refractivity contribution is 6.11. The number of fused-ring (bicyclic) bond motifs is 1. The summed E-state index contributed by atoms with van der Waals surface area (Å²) in [5, 5.41) is 0.904. The predicted molar refractivity (Wildman–Crippen MR) is 118 cm³/mol. The molecule has 0 aliphatic carbocycles. The van der Waals surface area contributed by atoms with E-state index < -0.39 is 0 Å². The number of aromatic amines is 1. The van der Waals surface area contributed by atoms with Crippen LogP contribution in [-0.4, -0.2) is 53.4 Å². The summed E-state index contributed by atoms with van der Waals surface area (Å²) in [5.74, 6) is 0.594. The van der Waals surface area contributed by atoms with Crippen molar-refractivity contribution >= 4 is 16.8 Å². The lowest BCUT2D eigenvalue weighted by Gasteiger charge is -2.35. The molecule has 4 aromatic rings. The molecule has 1 fully saturated rings. The highest BCUT2D eigenvalue weighted by Gasteiger charge is 2.25. The number of hydrogen-bond acceptors (Lipinski definition) is 3. The maximum absolute atomic E-state index is 13.4. The van der Waals surface area contributed by atoms with Crippen molar-refractivity contribution in [2.45, 2.75) is 6.42 Å². The van der Waals surface area contributed by atoms with E-state index in [4.69, 9.17) is 4.42 Å². The van der Waals surface area contributed by atoms with Crippen molar-refractivity contribution in [3.63, 3.8) is 0 Å². The molecule has 1 amide bonds. The number of H-pyrrole nitrogens is 1. The Morgan fingerprint density at radius 1 is 1.00 bits per heavy atom. The van der Waals surface area contributed by atoms with Gasteiger partial charge in [-0.2, -0.15) is 0 Å². The van der Waals surface area contributed by atoms with Gasteiger partial charge in [-0.05, 0) is 48.4 Å². The SMILES string of the molecule is O=C(c1cccc2[nH]cc(-c3ccco3)c12)N1CCN(CCc2ccc(F)cc2)CC1. The van der Waals surface area contributed by atoms with Crippen LogP contribution in [0.5, 0.6) is 0 Å². The molecule has 0 atom stereocenters. The van der Waals surface area contributed by atoms with E-state index in [1.165, 1.54) is 12.1 Å². The third-order valence-corrected chi connectivity index (χ3v) is 6.01. The van der Waals surface area contributed by atoms with Crippen LogP contribution in [0.3, 0.4) is 0 Å². The summed E-state index contributed by atoms with van der Waals surface area (Å²) < 4.78 is 18.6. The third-order valence-electron chi connectivity index (χ3n) is 6.01. The van der Waals surface area contributed by atoms with Crippen molar-refractivity contribution in [3.05, 3.63) is 84.0 Å². The van der Waals surface area contributed by atoms with Crippen molar-refractivity contribution in [2.24, 2.45) is 0 Å². The quantitative estimate of drug-likeness (QED) is 0.518. The molecule has 5 rings (SSSR count). The molecule has 0 saturated carbocycles. The van der Waals surface area contributed by atoms with Gasteiger partial charge in [-0.3, -0.25) is 9.69 Å². The predicted octanol–water partition coefficient (Wildman–Crippen LogP) is 4.57. The minimum absolute atomic E-state index is 0.0520. The Bertz CT molecular complexity index is 1170. The highest BCUT2D eigenvalue weighted by Crippen LogP contribution is 2.32. The molecule has 31 heavy (non-hydrogen) atoms. The molecule has 0 spiro atoms. The number of nitrogens with zero attached hydrogens (tertiary/aromatic N) is 2. The number of halogens is 1. The third kappa shape index (κ3) is 3.99. The molecule has 158 valence electrons. The van der Waals surface area contributed by atoms with Crippen LogP contribution in [0.2, 0.25) is 0 Å². The summed E-state index contributed by atoms with van der Waals surface area (Å²) in [6, 6.07) is 16.2. The van der Waals surface area contributed by atoms with Crippen molar-refractivity contribution < 1.29 is 13.6 Å². The topological polar surface area (TPSA) is 52.5 Å². The van der Waals surface area contributed by atoms with Gasteiger partial charge < -0.3 is 14.3 Å². The fraction of sp³-hybridized carbons (Fsp3) is 0.240. The number of carbonyl (C=O) groups excluding carboxylic acids is 1. The smallest absolute Gasteiger partial charge is 0.254 e. The first kappa shape index (κ1) is 19.6. The minimum atomic E-state index is -0.205. The molecule has 1 aliphatic rings. The number of carbonyl (C=O) groups is 1. The fourth-order valence-electron chi connectivity index (χ4n) is 4.27. The van der Waals surface area contributed by atoms with E-state index in [-0.39, 0.29) is 11.7 Å². The van der Waals surface area contributed by atoms with Gasteiger partial charge in [0.2, 0.25) is 0 Å². The van der Waals surface area contributed by atoms with Gasteiger partial charge in [0.05, 0.1) is 6.26 Å². The lowest BCUT2D eigenvalue weighted by atomic mass is 10.0. The summed E-state index contributed by atoms with van der Waals surface area (Å²) in [6.45, 7) is 3.96. The van der Waals surface area contributed by atoms with E-state index in [0.717, 1.165) is 53.8 Å². The van der Waals surface area contributed by atoms with Crippen molar-refractivity contribution in [1.82, 2.24) is 14.8 Å². The summed E-state index contributed by atoms with van der Waals surface area (Å²) in [7, 11) is 0. The lowest BCUT2D eigenvalue weighted by molar-refractivity contribution is 0.0640. The maximum atomic E-state index is 13.4. The molecule has 5 nitrogen and oxygen atoms in total. The highest BCUT2D eigenvalue weighted by atomic mass is 19.1. The first-order chi connectivity index (χ1) is 15.2. The number of piperazine rings is 1. The molecule has 0 bridgehead atoms. The Morgan fingerprint density at radius 2 is 1.81 bits per heavy atom. The second-order valence-corrected chi connectivity index (χ2v) is 7.92. The number of amides is 1. The average Bonchev–Trinajstić information content (AvgIpc) is 3.48. The molecular weight excluding hydrogens is 393 g/mol. The number of nitrogens with one attached hydrogen (secondary N) is 1. The summed E-state index contributed by atoms with van der Waals surface area (Å²) in [5.41, 5.74) is 3.66. The summed E-state index contributed by atoms with van der Waals surface area (Å²) >= 11 is 0. The number of rotatable bonds is 5. The van der Waals surface area contributed by atoms with Crippen molar-refractivity contribution in [2.75, 3.05) is 32.7 Å². The molecule has 1 aliphatic heterocycles. The van der Waals surface area contributed by atoms with Gasteiger partial charge in [-0.1, -0.05) is 18.2 Å². The van der Waals surface area contributed by atoms with Crippen LogP contribution in [0.15, 0.2) is 71.5 Å².